The van der Waals surface area contributed by atoms with E-state index in [2.05, 4.69) is 25.4 Å². The standard InChI is InChI=1S/C21H23N5O3/c1-27-17-6-4-16(5-7-17)23-20-12-22-25-21(24-20)26-9-8-14-10-18(28-2)19(29-3)11-15(14)13-26/h4-7,10-12H,8-9,13H2,1-3H3,(H,23,24,25). The molecule has 0 aliphatic carbocycles. The highest BCUT2D eigenvalue weighted by molar-refractivity contribution is 5.57. The van der Waals surface area contributed by atoms with Crippen molar-refractivity contribution in [3.05, 3.63) is 53.7 Å². The highest BCUT2D eigenvalue weighted by Crippen LogP contribution is 2.34. The van der Waals surface area contributed by atoms with Crippen LogP contribution in [0.25, 0.3) is 0 Å². The van der Waals surface area contributed by atoms with Crippen molar-refractivity contribution < 1.29 is 14.2 Å². The molecule has 4 rings (SSSR count). The summed E-state index contributed by atoms with van der Waals surface area (Å²) in [6.07, 6.45) is 2.48. The Labute approximate surface area is 169 Å². The highest BCUT2D eigenvalue weighted by Gasteiger charge is 2.21. The summed E-state index contributed by atoms with van der Waals surface area (Å²) in [5.74, 6) is 3.50. The molecule has 8 nitrogen and oxygen atoms in total. The van der Waals surface area contributed by atoms with Crippen molar-refractivity contribution in [1.82, 2.24) is 15.2 Å². The summed E-state index contributed by atoms with van der Waals surface area (Å²) in [6.45, 7) is 1.49. The number of hydrogen-bond donors (Lipinski definition) is 1. The van der Waals surface area contributed by atoms with Gasteiger partial charge in [-0.3, -0.25) is 0 Å². The molecule has 0 unspecified atom stereocenters. The van der Waals surface area contributed by atoms with Crippen molar-refractivity contribution in [2.75, 3.05) is 38.1 Å². The molecule has 150 valence electrons. The maximum absolute atomic E-state index is 5.44. The number of nitrogens with one attached hydrogen (secondary N) is 1. The van der Waals surface area contributed by atoms with Crippen LogP contribution in [0, 0.1) is 0 Å². The lowest BCUT2D eigenvalue weighted by atomic mass is 9.99. The number of ether oxygens (including phenoxy) is 3. The molecule has 2 aromatic carbocycles. The average molecular weight is 393 g/mol. The molecule has 0 bridgehead atoms. The highest BCUT2D eigenvalue weighted by atomic mass is 16.5. The predicted molar refractivity (Wildman–Crippen MR) is 110 cm³/mol. The maximum atomic E-state index is 5.44. The number of benzene rings is 2. The molecule has 8 heteroatoms. The Balaban J connectivity index is 1.53. The van der Waals surface area contributed by atoms with Crippen molar-refractivity contribution in [3.8, 4) is 17.2 Å². The van der Waals surface area contributed by atoms with E-state index in [1.807, 2.05) is 36.4 Å². The van der Waals surface area contributed by atoms with Gasteiger partial charge in [-0.1, -0.05) is 0 Å². The molecule has 0 radical (unpaired) electrons. The Bertz CT molecular complexity index is 994. The predicted octanol–water partition coefficient (Wildman–Crippen LogP) is 3.20. The lowest BCUT2D eigenvalue weighted by molar-refractivity contribution is 0.353. The first-order chi connectivity index (χ1) is 14.2. The molecule has 1 aromatic heterocycles. The normalized spacial score (nSPS) is 12.9. The van der Waals surface area contributed by atoms with Crippen LogP contribution in [-0.2, 0) is 13.0 Å². The largest absolute Gasteiger partial charge is 0.497 e. The van der Waals surface area contributed by atoms with Crippen LogP contribution in [0.4, 0.5) is 17.5 Å². The third-order valence-electron chi connectivity index (χ3n) is 4.91. The zero-order valence-corrected chi connectivity index (χ0v) is 16.7. The molecule has 1 N–H and O–H groups in total. The minimum atomic E-state index is 0.587. The zero-order chi connectivity index (χ0) is 20.2. The topological polar surface area (TPSA) is 81.6 Å². The van der Waals surface area contributed by atoms with Gasteiger partial charge in [-0.05, 0) is 53.9 Å². The third kappa shape index (κ3) is 4.01. The van der Waals surface area contributed by atoms with Crippen LogP contribution >= 0.6 is 0 Å². The van der Waals surface area contributed by atoms with E-state index in [-0.39, 0.29) is 0 Å². The number of nitrogens with zero attached hydrogens (tertiary/aromatic N) is 4. The molecule has 29 heavy (non-hydrogen) atoms. The molecule has 2 heterocycles. The second kappa shape index (κ2) is 8.22. The summed E-state index contributed by atoms with van der Waals surface area (Å²) in [4.78, 5) is 6.75. The zero-order valence-electron chi connectivity index (χ0n) is 16.7. The molecule has 0 saturated heterocycles. The number of hydrogen-bond acceptors (Lipinski definition) is 8. The van der Waals surface area contributed by atoms with Crippen molar-refractivity contribution in [1.29, 1.82) is 0 Å². The van der Waals surface area contributed by atoms with E-state index in [1.54, 1.807) is 27.5 Å². The van der Waals surface area contributed by atoms with Crippen LogP contribution < -0.4 is 24.4 Å². The van der Waals surface area contributed by atoms with Gasteiger partial charge in [0.15, 0.2) is 17.3 Å². The van der Waals surface area contributed by atoms with Crippen LogP contribution in [0.5, 0.6) is 17.2 Å². The van der Waals surface area contributed by atoms with Gasteiger partial charge in [-0.15, -0.1) is 5.10 Å². The molecule has 1 aliphatic heterocycles. The van der Waals surface area contributed by atoms with Crippen LogP contribution in [-0.4, -0.2) is 43.1 Å². The summed E-state index contributed by atoms with van der Waals surface area (Å²) >= 11 is 0. The lowest BCUT2D eigenvalue weighted by Gasteiger charge is -2.29. The van der Waals surface area contributed by atoms with Gasteiger partial charge >= 0.3 is 0 Å². The van der Waals surface area contributed by atoms with Crippen molar-refractivity contribution in [2.24, 2.45) is 0 Å². The quantitative estimate of drug-likeness (QED) is 0.684. The van der Waals surface area contributed by atoms with Gasteiger partial charge in [0.2, 0.25) is 5.95 Å². The molecular weight excluding hydrogens is 370 g/mol. The fraction of sp³-hybridized carbons (Fsp3) is 0.286. The molecule has 0 spiro atoms. The Morgan fingerprint density at radius 3 is 2.34 bits per heavy atom. The molecule has 3 aromatic rings. The molecule has 0 atom stereocenters. The van der Waals surface area contributed by atoms with Crippen molar-refractivity contribution in [3.63, 3.8) is 0 Å². The van der Waals surface area contributed by atoms with Gasteiger partial charge in [-0.25, -0.2) is 0 Å². The second-order valence-corrected chi connectivity index (χ2v) is 6.64. The molecule has 0 saturated carbocycles. The van der Waals surface area contributed by atoms with E-state index in [0.717, 1.165) is 35.9 Å². The first-order valence-corrected chi connectivity index (χ1v) is 9.29. The summed E-state index contributed by atoms with van der Waals surface area (Å²) in [5.41, 5.74) is 3.32. The Hall–Kier alpha value is -3.55. The Morgan fingerprint density at radius 1 is 0.931 bits per heavy atom. The van der Waals surface area contributed by atoms with Gasteiger partial charge in [0.1, 0.15) is 5.75 Å². The number of rotatable bonds is 6. The SMILES string of the molecule is COc1ccc(Nc2cnnc(N3CCc4cc(OC)c(OC)cc4C3)n2)cc1. The van der Waals surface area contributed by atoms with Gasteiger partial charge in [0.25, 0.3) is 0 Å². The van der Waals surface area contributed by atoms with E-state index in [9.17, 15) is 0 Å². The molecule has 0 amide bonds. The Morgan fingerprint density at radius 2 is 1.66 bits per heavy atom. The first-order valence-electron chi connectivity index (χ1n) is 9.29. The van der Waals surface area contributed by atoms with Gasteiger partial charge < -0.3 is 24.4 Å². The fourth-order valence-corrected chi connectivity index (χ4v) is 3.36. The smallest absolute Gasteiger partial charge is 0.247 e. The summed E-state index contributed by atoms with van der Waals surface area (Å²) in [5, 5.41) is 11.6. The van der Waals surface area contributed by atoms with E-state index in [0.29, 0.717) is 18.3 Å². The van der Waals surface area contributed by atoms with E-state index < -0.39 is 0 Å². The number of anilines is 3. The van der Waals surface area contributed by atoms with Crippen LogP contribution in [0.2, 0.25) is 0 Å². The minimum Gasteiger partial charge on any atom is -0.497 e. The number of aromatic nitrogens is 3. The third-order valence-corrected chi connectivity index (χ3v) is 4.91. The monoisotopic (exact) mass is 393 g/mol. The summed E-state index contributed by atoms with van der Waals surface area (Å²) in [7, 11) is 4.94. The average Bonchev–Trinajstić information content (AvgIpc) is 2.78. The first kappa shape index (κ1) is 18.8. The van der Waals surface area contributed by atoms with E-state index >= 15 is 0 Å². The second-order valence-electron chi connectivity index (χ2n) is 6.64. The van der Waals surface area contributed by atoms with Crippen LogP contribution in [0.15, 0.2) is 42.6 Å². The molecule has 0 fully saturated rings. The molecular formula is C21H23N5O3. The fourth-order valence-electron chi connectivity index (χ4n) is 3.36. The maximum Gasteiger partial charge on any atom is 0.247 e. The van der Waals surface area contributed by atoms with Gasteiger partial charge in [0, 0.05) is 18.8 Å². The van der Waals surface area contributed by atoms with Crippen LogP contribution in [0.3, 0.4) is 0 Å². The van der Waals surface area contributed by atoms with Gasteiger partial charge in [-0.2, -0.15) is 10.1 Å². The number of methoxy groups -OCH3 is 3. The number of fused-ring (bicyclic) bond motifs is 1. The van der Waals surface area contributed by atoms with Crippen LogP contribution in [0.1, 0.15) is 11.1 Å². The van der Waals surface area contributed by atoms with E-state index in [4.69, 9.17) is 14.2 Å². The van der Waals surface area contributed by atoms with Crippen molar-refractivity contribution >= 4 is 17.5 Å². The molecule has 1 aliphatic rings. The summed E-state index contributed by atoms with van der Waals surface area (Å²) < 4.78 is 16.0. The minimum absolute atomic E-state index is 0.587. The summed E-state index contributed by atoms with van der Waals surface area (Å²) in [6, 6.07) is 11.7. The van der Waals surface area contributed by atoms with Gasteiger partial charge in [0.05, 0.1) is 27.5 Å². The van der Waals surface area contributed by atoms with E-state index in [1.165, 1.54) is 11.1 Å². The Kier molecular flexibility index (Phi) is 5.33. The van der Waals surface area contributed by atoms with Crippen molar-refractivity contribution in [2.45, 2.75) is 13.0 Å². The lowest BCUT2D eigenvalue weighted by Crippen LogP contribution is -2.32.